The summed E-state index contributed by atoms with van der Waals surface area (Å²) >= 11 is 0. The van der Waals surface area contributed by atoms with Crippen LogP contribution in [-0.2, 0) is 26.0 Å². The van der Waals surface area contributed by atoms with Crippen molar-refractivity contribution < 1.29 is 22.7 Å². The number of amides is 1. The van der Waals surface area contributed by atoms with Crippen LogP contribution in [0.5, 0.6) is 5.75 Å². The Balaban J connectivity index is 1.68. The highest BCUT2D eigenvalue weighted by Crippen LogP contribution is 2.21. The quantitative estimate of drug-likeness (QED) is 0.814. The molecule has 1 heterocycles. The van der Waals surface area contributed by atoms with Crippen LogP contribution in [0.2, 0.25) is 0 Å². The van der Waals surface area contributed by atoms with Gasteiger partial charge in [0.1, 0.15) is 5.75 Å². The summed E-state index contributed by atoms with van der Waals surface area (Å²) in [6, 6.07) is 13.5. The molecule has 1 amide bonds. The zero-order valence-corrected chi connectivity index (χ0v) is 15.9. The van der Waals surface area contributed by atoms with Crippen LogP contribution in [0.25, 0.3) is 0 Å². The normalized spacial score (nSPS) is 15.3. The minimum absolute atomic E-state index is 0.159. The number of benzene rings is 2. The number of rotatable bonds is 6. The van der Waals surface area contributed by atoms with Gasteiger partial charge in [0.25, 0.3) is 0 Å². The first-order chi connectivity index (χ1) is 13.0. The van der Waals surface area contributed by atoms with Crippen molar-refractivity contribution in [1.82, 2.24) is 4.31 Å². The van der Waals surface area contributed by atoms with Crippen molar-refractivity contribution in [3.05, 3.63) is 54.1 Å². The summed E-state index contributed by atoms with van der Waals surface area (Å²) in [7, 11) is -2.02. The maximum Gasteiger partial charge on any atom is 0.243 e. The number of nitrogens with zero attached hydrogens (tertiary/aromatic N) is 1. The summed E-state index contributed by atoms with van der Waals surface area (Å²) in [4.78, 5) is 12.4. The maximum absolute atomic E-state index is 12.7. The van der Waals surface area contributed by atoms with E-state index >= 15 is 0 Å². The standard InChI is InChI=1S/C19H22N2O5S/c1-25-17-7-5-15(6-8-17)13-19(22)20-16-3-2-4-18(14-16)27(23,24)21-9-11-26-12-10-21/h2-8,14H,9-13H2,1H3,(H,20,22). The molecule has 0 aromatic heterocycles. The summed E-state index contributed by atoms with van der Waals surface area (Å²) in [5, 5.41) is 2.76. The van der Waals surface area contributed by atoms with Crippen LogP contribution in [0.3, 0.4) is 0 Å². The predicted molar refractivity (Wildman–Crippen MR) is 101 cm³/mol. The Morgan fingerprint density at radius 1 is 1.15 bits per heavy atom. The van der Waals surface area contributed by atoms with Gasteiger partial charge in [0, 0.05) is 18.8 Å². The zero-order chi connectivity index (χ0) is 19.3. The van der Waals surface area contributed by atoms with Gasteiger partial charge in [0.2, 0.25) is 15.9 Å². The lowest BCUT2D eigenvalue weighted by molar-refractivity contribution is -0.115. The molecule has 27 heavy (non-hydrogen) atoms. The highest BCUT2D eigenvalue weighted by atomic mass is 32.2. The Morgan fingerprint density at radius 3 is 2.52 bits per heavy atom. The monoisotopic (exact) mass is 390 g/mol. The lowest BCUT2D eigenvalue weighted by Gasteiger charge is -2.26. The van der Waals surface area contributed by atoms with Gasteiger partial charge in [-0.3, -0.25) is 4.79 Å². The number of anilines is 1. The fourth-order valence-corrected chi connectivity index (χ4v) is 4.26. The number of methoxy groups -OCH3 is 1. The third-order valence-corrected chi connectivity index (χ3v) is 6.14. The second-order valence-corrected chi connectivity index (χ2v) is 8.06. The number of sulfonamides is 1. The average molecular weight is 390 g/mol. The van der Waals surface area contributed by atoms with E-state index in [0.29, 0.717) is 32.0 Å². The fourth-order valence-electron chi connectivity index (χ4n) is 2.80. The lowest BCUT2D eigenvalue weighted by atomic mass is 10.1. The van der Waals surface area contributed by atoms with Gasteiger partial charge in [-0.2, -0.15) is 4.31 Å². The Kier molecular flexibility index (Phi) is 6.10. The van der Waals surface area contributed by atoms with E-state index in [1.165, 1.54) is 16.4 Å². The van der Waals surface area contributed by atoms with E-state index in [0.717, 1.165) is 11.3 Å². The Bertz CT molecular complexity index is 891. The van der Waals surface area contributed by atoms with E-state index in [2.05, 4.69) is 5.32 Å². The molecule has 0 radical (unpaired) electrons. The minimum Gasteiger partial charge on any atom is -0.497 e. The second-order valence-electron chi connectivity index (χ2n) is 6.12. The molecule has 1 N–H and O–H groups in total. The van der Waals surface area contributed by atoms with Crippen LogP contribution in [0.4, 0.5) is 5.69 Å². The Hall–Kier alpha value is -2.42. The maximum atomic E-state index is 12.7. The number of morpholine rings is 1. The molecular formula is C19H22N2O5S. The molecule has 2 aromatic carbocycles. The largest absolute Gasteiger partial charge is 0.497 e. The molecule has 1 aliphatic rings. The van der Waals surface area contributed by atoms with Crippen molar-refractivity contribution in [2.24, 2.45) is 0 Å². The van der Waals surface area contributed by atoms with Crippen molar-refractivity contribution in [3.8, 4) is 5.75 Å². The molecule has 2 aromatic rings. The molecule has 144 valence electrons. The summed E-state index contributed by atoms with van der Waals surface area (Å²) < 4.78 is 37.1. The molecule has 1 saturated heterocycles. The van der Waals surface area contributed by atoms with Gasteiger partial charge >= 0.3 is 0 Å². The highest BCUT2D eigenvalue weighted by molar-refractivity contribution is 7.89. The van der Waals surface area contributed by atoms with E-state index in [-0.39, 0.29) is 17.2 Å². The Morgan fingerprint density at radius 2 is 1.85 bits per heavy atom. The number of carbonyl (C=O) groups excluding carboxylic acids is 1. The molecule has 0 unspecified atom stereocenters. The van der Waals surface area contributed by atoms with E-state index in [9.17, 15) is 13.2 Å². The van der Waals surface area contributed by atoms with Crippen molar-refractivity contribution >= 4 is 21.6 Å². The number of ether oxygens (including phenoxy) is 2. The van der Waals surface area contributed by atoms with Gasteiger partial charge in [-0.05, 0) is 35.9 Å². The highest BCUT2D eigenvalue weighted by Gasteiger charge is 2.26. The van der Waals surface area contributed by atoms with Gasteiger partial charge < -0.3 is 14.8 Å². The number of hydrogen-bond acceptors (Lipinski definition) is 5. The molecule has 7 nitrogen and oxygen atoms in total. The first-order valence-corrected chi connectivity index (χ1v) is 10.0. The minimum atomic E-state index is -3.60. The molecule has 3 rings (SSSR count). The molecule has 0 bridgehead atoms. The van der Waals surface area contributed by atoms with Crippen molar-refractivity contribution in [1.29, 1.82) is 0 Å². The lowest BCUT2D eigenvalue weighted by Crippen LogP contribution is -2.40. The summed E-state index contributed by atoms with van der Waals surface area (Å²) in [6.07, 6.45) is 0.185. The molecule has 0 aliphatic carbocycles. The third kappa shape index (κ3) is 4.85. The first kappa shape index (κ1) is 19.3. The molecule has 0 atom stereocenters. The van der Waals surface area contributed by atoms with Crippen molar-refractivity contribution in [2.75, 3.05) is 38.7 Å². The third-order valence-electron chi connectivity index (χ3n) is 4.25. The Labute approximate surface area is 158 Å². The van der Waals surface area contributed by atoms with Crippen LogP contribution in [-0.4, -0.2) is 52.0 Å². The van der Waals surface area contributed by atoms with E-state index in [1.807, 2.05) is 12.1 Å². The van der Waals surface area contributed by atoms with E-state index < -0.39 is 10.0 Å². The van der Waals surface area contributed by atoms with Gasteiger partial charge in [0.15, 0.2) is 0 Å². The molecule has 0 spiro atoms. The average Bonchev–Trinajstić information content (AvgIpc) is 2.69. The molecule has 1 fully saturated rings. The predicted octanol–water partition coefficient (Wildman–Crippen LogP) is 1.90. The van der Waals surface area contributed by atoms with Gasteiger partial charge in [-0.1, -0.05) is 18.2 Å². The van der Waals surface area contributed by atoms with E-state index in [1.54, 1.807) is 31.4 Å². The van der Waals surface area contributed by atoms with Gasteiger partial charge in [0.05, 0.1) is 31.6 Å². The number of carbonyl (C=O) groups is 1. The first-order valence-electron chi connectivity index (χ1n) is 8.60. The fraction of sp³-hybridized carbons (Fsp3) is 0.316. The summed E-state index contributed by atoms with van der Waals surface area (Å²) in [5.41, 5.74) is 1.29. The SMILES string of the molecule is COc1ccc(CC(=O)Nc2cccc(S(=O)(=O)N3CCOCC3)c2)cc1. The summed E-state index contributed by atoms with van der Waals surface area (Å²) in [5.74, 6) is 0.501. The van der Waals surface area contributed by atoms with Gasteiger partial charge in [-0.25, -0.2) is 8.42 Å². The van der Waals surface area contributed by atoms with Gasteiger partial charge in [-0.15, -0.1) is 0 Å². The summed E-state index contributed by atoms with van der Waals surface area (Å²) in [6.45, 7) is 1.43. The van der Waals surface area contributed by atoms with Crippen LogP contribution >= 0.6 is 0 Å². The van der Waals surface area contributed by atoms with E-state index in [4.69, 9.17) is 9.47 Å². The molecular weight excluding hydrogens is 368 g/mol. The molecule has 0 saturated carbocycles. The van der Waals surface area contributed by atoms with Crippen molar-refractivity contribution in [3.63, 3.8) is 0 Å². The second kappa shape index (κ2) is 8.51. The van der Waals surface area contributed by atoms with Crippen molar-refractivity contribution in [2.45, 2.75) is 11.3 Å². The van der Waals surface area contributed by atoms with Crippen LogP contribution < -0.4 is 10.1 Å². The molecule has 8 heteroatoms. The van der Waals surface area contributed by atoms with Crippen LogP contribution in [0.15, 0.2) is 53.4 Å². The van der Waals surface area contributed by atoms with Crippen LogP contribution in [0, 0.1) is 0 Å². The van der Waals surface area contributed by atoms with Crippen LogP contribution in [0.1, 0.15) is 5.56 Å². The number of nitrogens with one attached hydrogen (secondary N) is 1. The number of hydrogen-bond donors (Lipinski definition) is 1. The smallest absolute Gasteiger partial charge is 0.243 e. The molecule has 1 aliphatic heterocycles. The zero-order valence-electron chi connectivity index (χ0n) is 15.1. The topological polar surface area (TPSA) is 84.9 Å².